The number of ether oxygens (including phenoxy) is 1. The molecule has 1 aliphatic rings. The molecule has 0 aromatic carbocycles. The number of nitrogens with zero attached hydrogens (tertiary/aromatic N) is 2. The Hall–Kier alpha value is -0.840. The molecule has 4 heteroatoms. The molecule has 0 aliphatic heterocycles. The van der Waals surface area contributed by atoms with E-state index in [0.717, 1.165) is 39.1 Å². The molecule has 1 heterocycles. The highest BCUT2D eigenvalue weighted by molar-refractivity contribution is 5.30. The molecule has 1 aromatic rings. The number of fused-ring (bicyclic) bond motifs is 1. The molecule has 0 amide bonds. The van der Waals surface area contributed by atoms with E-state index in [1.807, 2.05) is 0 Å². The van der Waals surface area contributed by atoms with Crippen molar-refractivity contribution in [1.29, 1.82) is 0 Å². The number of nitrogens with two attached hydrogens (primary N) is 1. The minimum atomic E-state index is 0.196. The predicted molar refractivity (Wildman–Crippen MR) is 82.8 cm³/mol. The van der Waals surface area contributed by atoms with Gasteiger partial charge >= 0.3 is 0 Å². The van der Waals surface area contributed by atoms with E-state index >= 15 is 0 Å². The van der Waals surface area contributed by atoms with Crippen LogP contribution in [0.5, 0.6) is 0 Å². The molecule has 1 aromatic heterocycles. The Balaban J connectivity index is 2.01. The molecule has 0 spiro atoms. The molecule has 20 heavy (non-hydrogen) atoms. The van der Waals surface area contributed by atoms with Gasteiger partial charge in [0.15, 0.2) is 0 Å². The van der Waals surface area contributed by atoms with Gasteiger partial charge in [0.05, 0.1) is 6.61 Å². The predicted octanol–water partition coefficient (Wildman–Crippen LogP) is 2.04. The van der Waals surface area contributed by atoms with Crippen molar-refractivity contribution in [3.63, 3.8) is 0 Å². The summed E-state index contributed by atoms with van der Waals surface area (Å²) in [4.78, 5) is 2.31. The van der Waals surface area contributed by atoms with Crippen LogP contribution in [0.25, 0.3) is 0 Å². The van der Waals surface area contributed by atoms with Crippen molar-refractivity contribution in [3.8, 4) is 0 Å². The molecule has 4 nitrogen and oxygen atoms in total. The molecule has 114 valence electrons. The molecule has 0 saturated heterocycles. The second-order valence-corrected chi connectivity index (χ2v) is 6.86. The summed E-state index contributed by atoms with van der Waals surface area (Å²) in [5.41, 5.74) is 9.42. The highest BCUT2D eigenvalue weighted by Crippen LogP contribution is 2.39. The Bertz CT molecular complexity index is 439. The van der Waals surface area contributed by atoms with Crippen LogP contribution < -0.4 is 5.73 Å². The van der Waals surface area contributed by atoms with Crippen LogP contribution in [0.2, 0.25) is 0 Å². The molecule has 1 aliphatic carbocycles. The third-order valence-electron chi connectivity index (χ3n) is 4.33. The molecule has 0 bridgehead atoms. The van der Waals surface area contributed by atoms with Gasteiger partial charge < -0.3 is 19.9 Å². The van der Waals surface area contributed by atoms with Crippen molar-refractivity contribution in [1.82, 2.24) is 9.47 Å². The molecule has 0 radical (unpaired) electrons. The smallest absolute Gasteiger partial charge is 0.0589 e. The fourth-order valence-electron chi connectivity index (χ4n) is 3.14. The van der Waals surface area contributed by atoms with Crippen LogP contribution in [-0.2, 0) is 17.7 Å². The van der Waals surface area contributed by atoms with E-state index in [2.05, 4.69) is 42.6 Å². The fourth-order valence-corrected chi connectivity index (χ4v) is 3.14. The van der Waals surface area contributed by atoms with Gasteiger partial charge in [-0.1, -0.05) is 13.8 Å². The minimum Gasteiger partial charge on any atom is -0.383 e. The van der Waals surface area contributed by atoms with Gasteiger partial charge in [-0.15, -0.1) is 0 Å². The summed E-state index contributed by atoms with van der Waals surface area (Å²) in [5, 5.41) is 0. The number of rotatable bonds is 6. The zero-order chi connectivity index (χ0) is 14.8. The van der Waals surface area contributed by atoms with E-state index < -0.39 is 0 Å². The molecule has 1 atom stereocenters. The van der Waals surface area contributed by atoms with E-state index in [1.54, 1.807) is 7.11 Å². The first-order valence-electron chi connectivity index (χ1n) is 7.54. The monoisotopic (exact) mass is 279 g/mol. The highest BCUT2D eigenvalue weighted by Gasteiger charge is 2.32. The maximum absolute atomic E-state index is 6.32. The quantitative estimate of drug-likeness (QED) is 0.866. The van der Waals surface area contributed by atoms with Crippen LogP contribution in [0.15, 0.2) is 12.3 Å². The van der Waals surface area contributed by atoms with Crippen LogP contribution in [0.4, 0.5) is 0 Å². The van der Waals surface area contributed by atoms with E-state index in [1.165, 1.54) is 11.3 Å². The van der Waals surface area contributed by atoms with Crippen LogP contribution in [0, 0.1) is 5.41 Å². The fraction of sp³-hybridized carbons (Fsp3) is 0.750. The summed E-state index contributed by atoms with van der Waals surface area (Å²) in [6.45, 7) is 8.47. The lowest BCUT2D eigenvalue weighted by Crippen LogP contribution is -2.32. The number of aromatic nitrogens is 1. The summed E-state index contributed by atoms with van der Waals surface area (Å²) in [5.74, 6) is 0. The first-order chi connectivity index (χ1) is 9.43. The lowest BCUT2D eigenvalue weighted by atomic mass is 9.74. The zero-order valence-corrected chi connectivity index (χ0v) is 13.4. The SMILES string of the molecule is COCCN(C)CCn1ccc2c1CC(C)(C)CC2N. The first kappa shape index (κ1) is 15.5. The van der Waals surface area contributed by atoms with Crippen LogP contribution >= 0.6 is 0 Å². The highest BCUT2D eigenvalue weighted by atomic mass is 16.5. The van der Waals surface area contributed by atoms with Gasteiger partial charge in [-0.25, -0.2) is 0 Å². The van der Waals surface area contributed by atoms with Crippen molar-refractivity contribution in [2.75, 3.05) is 33.9 Å². The van der Waals surface area contributed by atoms with Gasteiger partial charge in [-0.05, 0) is 36.9 Å². The molecule has 0 saturated carbocycles. The second-order valence-electron chi connectivity index (χ2n) is 6.86. The summed E-state index contributed by atoms with van der Waals surface area (Å²) in [7, 11) is 3.89. The van der Waals surface area contributed by atoms with Crippen LogP contribution in [-0.4, -0.2) is 43.3 Å². The van der Waals surface area contributed by atoms with E-state index in [-0.39, 0.29) is 6.04 Å². The Morgan fingerprint density at radius 1 is 1.45 bits per heavy atom. The summed E-state index contributed by atoms with van der Waals surface area (Å²) >= 11 is 0. The van der Waals surface area contributed by atoms with Gasteiger partial charge in [0.2, 0.25) is 0 Å². The third-order valence-corrected chi connectivity index (χ3v) is 4.33. The minimum absolute atomic E-state index is 0.196. The van der Waals surface area contributed by atoms with Crippen LogP contribution in [0.1, 0.15) is 37.6 Å². The third kappa shape index (κ3) is 3.62. The van der Waals surface area contributed by atoms with Gasteiger partial charge in [-0.3, -0.25) is 0 Å². The number of hydrogen-bond acceptors (Lipinski definition) is 3. The normalized spacial score (nSPS) is 21.2. The molecule has 2 rings (SSSR count). The van der Waals surface area contributed by atoms with Gasteiger partial charge in [0, 0.05) is 44.7 Å². The molecular weight excluding hydrogens is 250 g/mol. The van der Waals surface area contributed by atoms with Gasteiger partial charge in [-0.2, -0.15) is 0 Å². The standard InChI is InChI=1S/C16H29N3O/c1-16(2)11-14(17)13-5-6-19(15(13)12-16)8-7-18(3)9-10-20-4/h5-6,14H,7-12,17H2,1-4H3. The molecular formula is C16H29N3O. The Morgan fingerprint density at radius 2 is 2.20 bits per heavy atom. The number of likely N-dealkylation sites (N-methyl/N-ethyl adjacent to an activating group) is 1. The topological polar surface area (TPSA) is 43.4 Å². The van der Waals surface area contributed by atoms with Crippen molar-refractivity contribution in [3.05, 3.63) is 23.5 Å². The maximum atomic E-state index is 6.32. The Kier molecular flexibility index (Phi) is 4.89. The Labute approximate surface area is 122 Å². The summed E-state index contributed by atoms with van der Waals surface area (Å²) in [6.07, 6.45) is 4.42. The van der Waals surface area contributed by atoms with E-state index in [4.69, 9.17) is 10.5 Å². The second kappa shape index (κ2) is 6.29. The largest absolute Gasteiger partial charge is 0.383 e. The molecule has 0 fully saturated rings. The van der Waals surface area contributed by atoms with Crippen molar-refractivity contribution in [2.45, 2.75) is 39.3 Å². The number of methoxy groups -OCH3 is 1. The van der Waals surface area contributed by atoms with E-state index in [0.29, 0.717) is 5.41 Å². The molecule has 1 unspecified atom stereocenters. The van der Waals surface area contributed by atoms with Gasteiger partial charge in [0.25, 0.3) is 0 Å². The van der Waals surface area contributed by atoms with Crippen molar-refractivity contribution >= 4 is 0 Å². The number of hydrogen-bond donors (Lipinski definition) is 1. The molecule has 2 N–H and O–H groups in total. The van der Waals surface area contributed by atoms with Gasteiger partial charge in [0.1, 0.15) is 0 Å². The van der Waals surface area contributed by atoms with Crippen molar-refractivity contribution in [2.24, 2.45) is 11.1 Å². The Morgan fingerprint density at radius 3 is 2.90 bits per heavy atom. The summed E-state index contributed by atoms with van der Waals surface area (Å²) < 4.78 is 7.50. The van der Waals surface area contributed by atoms with Crippen molar-refractivity contribution < 1.29 is 4.74 Å². The summed E-state index contributed by atoms with van der Waals surface area (Å²) in [6, 6.07) is 2.41. The lowest BCUT2D eigenvalue weighted by molar-refractivity contribution is 0.159. The zero-order valence-electron chi connectivity index (χ0n) is 13.4. The average molecular weight is 279 g/mol. The lowest BCUT2D eigenvalue weighted by Gasteiger charge is -2.34. The van der Waals surface area contributed by atoms with E-state index in [9.17, 15) is 0 Å². The van der Waals surface area contributed by atoms with Crippen LogP contribution in [0.3, 0.4) is 0 Å². The first-order valence-corrected chi connectivity index (χ1v) is 7.54. The maximum Gasteiger partial charge on any atom is 0.0589 e. The average Bonchev–Trinajstić information content (AvgIpc) is 2.75.